The van der Waals surface area contributed by atoms with Crippen molar-refractivity contribution >= 4 is 10.0 Å². The molecule has 4 nitrogen and oxygen atoms in total. The largest absolute Gasteiger partial charge is 0.329 e. The van der Waals surface area contributed by atoms with Gasteiger partial charge in [-0.2, -0.15) is 0 Å². The van der Waals surface area contributed by atoms with Gasteiger partial charge in [0.2, 0.25) is 10.0 Å². The Labute approximate surface area is 93.7 Å². The van der Waals surface area contributed by atoms with E-state index in [1.807, 2.05) is 27.7 Å². The highest BCUT2D eigenvalue weighted by atomic mass is 32.2. The van der Waals surface area contributed by atoms with Gasteiger partial charge in [0.25, 0.3) is 0 Å². The lowest BCUT2D eigenvalue weighted by Gasteiger charge is -2.27. The molecule has 92 valence electrons. The average molecular weight is 236 g/mol. The zero-order valence-electron chi connectivity index (χ0n) is 10.2. The van der Waals surface area contributed by atoms with Gasteiger partial charge in [-0.1, -0.05) is 20.8 Å². The molecule has 0 fully saturated rings. The van der Waals surface area contributed by atoms with E-state index >= 15 is 0 Å². The van der Waals surface area contributed by atoms with Crippen molar-refractivity contribution in [3.8, 4) is 0 Å². The molecular weight excluding hydrogens is 212 g/mol. The van der Waals surface area contributed by atoms with E-state index in [0.717, 1.165) is 0 Å². The second-order valence-electron chi connectivity index (χ2n) is 4.72. The van der Waals surface area contributed by atoms with Crippen LogP contribution in [0.25, 0.3) is 0 Å². The molecule has 0 saturated heterocycles. The summed E-state index contributed by atoms with van der Waals surface area (Å²) in [4.78, 5) is 0. The van der Waals surface area contributed by atoms with Crippen molar-refractivity contribution in [3.05, 3.63) is 0 Å². The van der Waals surface area contributed by atoms with Gasteiger partial charge in [-0.05, 0) is 25.7 Å². The Bertz CT molecular complexity index is 269. The SMILES string of the molecule is CCC(C)(CN)NS(=O)(=O)CCC(C)C. The summed E-state index contributed by atoms with van der Waals surface area (Å²) in [6, 6.07) is 0. The van der Waals surface area contributed by atoms with Crippen LogP contribution in [0.5, 0.6) is 0 Å². The van der Waals surface area contributed by atoms with Gasteiger partial charge in [-0.25, -0.2) is 13.1 Å². The van der Waals surface area contributed by atoms with Crippen molar-refractivity contribution in [1.82, 2.24) is 4.72 Å². The molecule has 0 spiro atoms. The number of sulfonamides is 1. The molecule has 5 heteroatoms. The molecule has 0 aromatic rings. The zero-order valence-corrected chi connectivity index (χ0v) is 11.0. The molecule has 0 aliphatic carbocycles. The maximum Gasteiger partial charge on any atom is 0.212 e. The third-order valence-electron chi connectivity index (χ3n) is 2.60. The molecule has 0 heterocycles. The molecule has 0 aliphatic rings. The summed E-state index contributed by atoms with van der Waals surface area (Å²) in [6.45, 7) is 8.11. The van der Waals surface area contributed by atoms with E-state index in [4.69, 9.17) is 5.73 Å². The summed E-state index contributed by atoms with van der Waals surface area (Å²) in [5.74, 6) is 0.576. The van der Waals surface area contributed by atoms with Gasteiger partial charge < -0.3 is 5.73 Å². The maximum absolute atomic E-state index is 11.7. The van der Waals surface area contributed by atoms with Crippen LogP contribution in [-0.4, -0.2) is 26.3 Å². The second kappa shape index (κ2) is 5.82. The van der Waals surface area contributed by atoms with Crippen LogP contribution in [0.1, 0.15) is 40.5 Å². The lowest BCUT2D eigenvalue weighted by molar-refractivity contribution is 0.410. The van der Waals surface area contributed by atoms with E-state index in [1.165, 1.54) is 0 Å². The van der Waals surface area contributed by atoms with E-state index < -0.39 is 15.6 Å². The highest BCUT2D eigenvalue weighted by Gasteiger charge is 2.26. The van der Waals surface area contributed by atoms with Crippen molar-refractivity contribution in [2.24, 2.45) is 11.7 Å². The first kappa shape index (κ1) is 14.9. The van der Waals surface area contributed by atoms with Gasteiger partial charge in [0.1, 0.15) is 0 Å². The first-order chi connectivity index (χ1) is 6.74. The Kier molecular flexibility index (Phi) is 5.77. The lowest BCUT2D eigenvalue weighted by Crippen LogP contribution is -2.51. The average Bonchev–Trinajstić information content (AvgIpc) is 2.14. The van der Waals surface area contributed by atoms with Crippen molar-refractivity contribution in [2.75, 3.05) is 12.3 Å². The fourth-order valence-corrected chi connectivity index (χ4v) is 2.94. The van der Waals surface area contributed by atoms with Gasteiger partial charge in [-0.3, -0.25) is 0 Å². The minimum absolute atomic E-state index is 0.181. The molecule has 0 bridgehead atoms. The van der Waals surface area contributed by atoms with Crippen LogP contribution >= 0.6 is 0 Å². The van der Waals surface area contributed by atoms with E-state index in [0.29, 0.717) is 25.3 Å². The highest BCUT2D eigenvalue weighted by molar-refractivity contribution is 7.89. The van der Waals surface area contributed by atoms with E-state index in [-0.39, 0.29) is 5.75 Å². The highest BCUT2D eigenvalue weighted by Crippen LogP contribution is 2.10. The van der Waals surface area contributed by atoms with Crippen LogP contribution in [-0.2, 0) is 10.0 Å². The van der Waals surface area contributed by atoms with Crippen molar-refractivity contribution in [3.63, 3.8) is 0 Å². The third-order valence-corrected chi connectivity index (χ3v) is 4.17. The quantitative estimate of drug-likeness (QED) is 0.695. The van der Waals surface area contributed by atoms with Crippen molar-refractivity contribution in [2.45, 2.75) is 46.1 Å². The molecule has 0 aliphatic heterocycles. The molecule has 0 aromatic heterocycles. The van der Waals surface area contributed by atoms with Crippen LogP contribution in [0.15, 0.2) is 0 Å². The smallest absolute Gasteiger partial charge is 0.212 e. The molecule has 0 saturated carbocycles. The Morgan fingerprint density at radius 1 is 1.40 bits per heavy atom. The molecular formula is C10H24N2O2S. The molecule has 0 amide bonds. The summed E-state index contributed by atoms with van der Waals surface area (Å²) >= 11 is 0. The van der Waals surface area contributed by atoms with E-state index in [1.54, 1.807) is 0 Å². The number of hydrogen-bond acceptors (Lipinski definition) is 3. The topological polar surface area (TPSA) is 72.2 Å². The summed E-state index contributed by atoms with van der Waals surface area (Å²) < 4.78 is 26.1. The Morgan fingerprint density at radius 3 is 2.27 bits per heavy atom. The number of nitrogens with two attached hydrogens (primary N) is 1. The predicted octanol–water partition coefficient (Wildman–Crippen LogP) is 1.08. The predicted molar refractivity (Wildman–Crippen MR) is 64.1 cm³/mol. The normalized spacial score (nSPS) is 16.7. The van der Waals surface area contributed by atoms with Crippen LogP contribution < -0.4 is 10.5 Å². The van der Waals surface area contributed by atoms with Crippen LogP contribution in [0.2, 0.25) is 0 Å². The van der Waals surface area contributed by atoms with Gasteiger partial charge in [0.15, 0.2) is 0 Å². The van der Waals surface area contributed by atoms with Crippen LogP contribution in [0, 0.1) is 5.92 Å². The fourth-order valence-electron chi connectivity index (χ4n) is 1.08. The third kappa shape index (κ3) is 6.12. The summed E-state index contributed by atoms with van der Waals surface area (Å²) in [7, 11) is -3.19. The Hall–Kier alpha value is -0.130. The number of hydrogen-bond donors (Lipinski definition) is 2. The number of rotatable bonds is 7. The summed E-state index contributed by atoms with van der Waals surface area (Å²) in [6.07, 6.45) is 1.38. The monoisotopic (exact) mass is 236 g/mol. The molecule has 0 rings (SSSR count). The summed E-state index contributed by atoms with van der Waals surface area (Å²) in [5.41, 5.74) is 5.05. The molecule has 15 heavy (non-hydrogen) atoms. The Balaban J connectivity index is 4.37. The first-order valence-corrected chi connectivity index (χ1v) is 7.11. The maximum atomic E-state index is 11.7. The van der Waals surface area contributed by atoms with E-state index in [9.17, 15) is 8.42 Å². The molecule has 1 unspecified atom stereocenters. The van der Waals surface area contributed by atoms with Crippen LogP contribution in [0.3, 0.4) is 0 Å². The molecule has 3 N–H and O–H groups in total. The van der Waals surface area contributed by atoms with Gasteiger partial charge in [0, 0.05) is 12.1 Å². The Morgan fingerprint density at radius 2 is 1.93 bits per heavy atom. The first-order valence-electron chi connectivity index (χ1n) is 5.46. The van der Waals surface area contributed by atoms with Gasteiger partial charge in [0.05, 0.1) is 5.75 Å². The zero-order chi connectivity index (χ0) is 12.1. The molecule has 0 radical (unpaired) electrons. The lowest BCUT2D eigenvalue weighted by atomic mass is 10.0. The molecule has 0 aromatic carbocycles. The van der Waals surface area contributed by atoms with Crippen molar-refractivity contribution in [1.29, 1.82) is 0 Å². The second-order valence-corrected chi connectivity index (χ2v) is 6.56. The fraction of sp³-hybridized carbons (Fsp3) is 1.00. The number of nitrogens with one attached hydrogen (secondary N) is 1. The van der Waals surface area contributed by atoms with Crippen LogP contribution in [0.4, 0.5) is 0 Å². The summed E-state index contributed by atoms with van der Waals surface area (Å²) in [5, 5.41) is 0. The standard InChI is InChI=1S/C10H24N2O2S/c1-5-10(4,8-11)12-15(13,14)7-6-9(2)3/h9,12H,5-8,11H2,1-4H3. The van der Waals surface area contributed by atoms with Crippen molar-refractivity contribution < 1.29 is 8.42 Å². The van der Waals surface area contributed by atoms with Gasteiger partial charge >= 0.3 is 0 Å². The minimum atomic E-state index is -3.19. The van der Waals surface area contributed by atoms with Gasteiger partial charge in [-0.15, -0.1) is 0 Å². The van der Waals surface area contributed by atoms with E-state index in [2.05, 4.69) is 4.72 Å². The molecule has 1 atom stereocenters. The minimum Gasteiger partial charge on any atom is -0.329 e.